The van der Waals surface area contributed by atoms with Crippen LogP contribution in [0.15, 0.2) is 53.2 Å². The minimum absolute atomic E-state index is 0.253. The summed E-state index contributed by atoms with van der Waals surface area (Å²) in [5, 5.41) is 5.72. The molecule has 2 N–H and O–H groups in total. The molecule has 0 saturated carbocycles. The molecule has 0 unspecified atom stereocenters. The Hall–Kier alpha value is -2.60. The molecule has 6 heteroatoms. The van der Waals surface area contributed by atoms with Crippen LogP contribution in [0.5, 0.6) is 5.75 Å². The van der Waals surface area contributed by atoms with Crippen LogP contribution in [0.1, 0.15) is 18.2 Å². The quantitative estimate of drug-likeness (QED) is 0.630. The van der Waals surface area contributed by atoms with Gasteiger partial charge in [-0.25, -0.2) is 0 Å². The van der Waals surface area contributed by atoms with Crippen molar-refractivity contribution in [3.8, 4) is 5.75 Å². The van der Waals surface area contributed by atoms with Crippen molar-refractivity contribution in [3.05, 3.63) is 60.1 Å². The Morgan fingerprint density at radius 3 is 2.74 bits per heavy atom. The van der Waals surface area contributed by atoms with Gasteiger partial charge in [-0.05, 0) is 55.0 Å². The number of ether oxygens (including phenoxy) is 1. The first-order chi connectivity index (χ1) is 11.2. The van der Waals surface area contributed by atoms with E-state index in [0.717, 1.165) is 17.1 Å². The lowest BCUT2D eigenvalue weighted by molar-refractivity contribution is -0.115. The van der Waals surface area contributed by atoms with Gasteiger partial charge in [0, 0.05) is 6.08 Å². The van der Waals surface area contributed by atoms with Crippen molar-refractivity contribution >= 4 is 29.3 Å². The summed E-state index contributed by atoms with van der Waals surface area (Å²) in [6.07, 6.45) is 4.72. The van der Waals surface area contributed by atoms with E-state index in [1.165, 1.54) is 6.08 Å². The summed E-state index contributed by atoms with van der Waals surface area (Å²) in [6, 6.07) is 11.1. The molecule has 1 aromatic heterocycles. The summed E-state index contributed by atoms with van der Waals surface area (Å²) in [5.74, 6) is 1.25. The molecule has 23 heavy (non-hydrogen) atoms. The number of hydrogen-bond acceptors (Lipinski definition) is 4. The Morgan fingerprint density at radius 2 is 2.09 bits per heavy atom. The second-order valence-electron chi connectivity index (χ2n) is 4.59. The van der Waals surface area contributed by atoms with E-state index in [-0.39, 0.29) is 11.0 Å². The lowest BCUT2D eigenvalue weighted by Gasteiger charge is -2.06. The SMILES string of the molecule is CCOc1ccc(/C=C/C(=O)NC(=S)NCc2ccco2)cc1. The fourth-order valence-electron chi connectivity index (χ4n) is 1.79. The molecule has 0 atom stereocenters. The van der Waals surface area contributed by atoms with Crippen molar-refractivity contribution in [2.75, 3.05) is 6.61 Å². The Labute approximate surface area is 140 Å². The normalized spacial score (nSPS) is 10.5. The minimum Gasteiger partial charge on any atom is -0.494 e. The third kappa shape index (κ3) is 5.96. The van der Waals surface area contributed by atoms with Crippen molar-refractivity contribution in [2.45, 2.75) is 13.5 Å². The van der Waals surface area contributed by atoms with Gasteiger partial charge in [0.15, 0.2) is 5.11 Å². The van der Waals surface area contributed by atoms with Gasteiger partial charge in [0.2, 0.25) is 5.91 Å². The molecule has 0 spiro atoms. The molecular formula is C17H18N2O3S. The standard InChI is InChI=1S/C17H18N2O3S/c1-2-21-14-8-5-13(6-9-14)7-10-16(20)19-17(23)18-12-15-4-3-11-22-15/h3-11H,2,12H2,1H3,(H2,18,19,20,23)/b10-7+. The first kappa shape index (κ1) is 16.8. The number of hydrogen-bond donors (Lipinski definition) is 2. The Kier molecular flexibility index (Phi) is 6.38. The molecule has 0 aliphatic rings. The van der Waals surface area contributed by atoms with Crippen molar-refractivity contribution in [2.24, 2.45) is 0 Å². The summed E-state index contributed by atoms with van der Waals surface area (Å²) in [4.78, 5) is 11.8. The predicted octanol–water partition coefficient (Wildman–Crippen LogP) is 2.88. The molecule has 0 aliphatic carbocycles. The van der Waals surface area contributed by atoms with Gasteiger partial charge in [0.1, 0.15) is 11.5 Å². The van der Waals surface area contributed by atoms with Gasteiger partial charge in [0.25, 0.3) is 0 Å². The van der Waals surface area contributed by atoms with Gasteiger partial charge in [-0.2, -0.15) is 0 Å². The third-order valence-corrected chi connectivity index (χ3v) is 3.10. The number of carbonyl (C=O) groups excluding carboxylic acids is 1. The molecule has 0 aliphatic heterocycles. The number of furan rings is 1. The summed E-state index contributed by atoms with van der Waals surface area (Å²) in [7, 11) is 0. The summed E-state index contributed by atoms with van der Waals surface area (Å²) in [5.41, 5.74) is 0.901. The van der Waals surface area contributed by atoms with Crippen molar-refractivity contribution in [3.63, 3.8) is 0 Å². The average molecular weight is 330 g/mol. The van der Waals surface area contributed by atoms with Crippen LogP contribution in [0.2, 0.25) is 0 Å². The number of rotatable bonds is 6. The van der Waals surface area contributed by atoms with Crippen LogP contribution in [0.4, 0.5) is 0 Å². The largest absolute Gasteiger partial charge is 0.494 e. The van der Waals surface area contributed by atoms with Crippen LogP contribution in [-0.4, -0.2) is 17.6 Å². The van der Waals surface area contributed by atoms with Crippen LogP contribution < -0.4 is 15.4 Å². The first-order valence-corrected chi connectivity index (χ1v) is 7.60. The monoisotopic (exact) mass is 330 g/mol. The highest BCUT2D eigenvalue weighted by Gasteiger charge is 2.02. The molecule has 0 fully saturated rings. The predicted molar refractivity (Wildman–Crippen MR) is 92.9 cm³/mol. The van der Waals surface area contributed by atoms with Gasteiger partial charge in [-0.15, -0.1) is 0 Å². The van der Waals surface area contributed by atoms with Crippen molar-refractivity contribution in [1.29, 1.82) is 0 Å². The van der Waals surface area contributed by atoms with Crippen molar-refractivity contribution < 1.29 is 13.9 Å². The number of carbonyl (C=O) groups is 1. The second kappa shape index (κ2) is 8.75. The van der Waals surface area contributed by atoms with Gasteiger partial charge in [0.05, 0.1) is 19.4 Å². The highest BCUT2D eigenvalue weighted by atomic mass is 32.1. The number of amides is 1. The van der Waals surface area contributed by atoms with Crippen LogP contribution in [0, 0.1) is 0 Å². The van der Waals surface area contributed by atoms with Crippen LogP contribution in [-0.2, 0) is 11.3 Å². The van der Waals surface area contributed by atoms with Gasteiger partial charge < -0.3 is 14.5 Å². The molecule has 120 valence electrons. The lowest BCUT2D eigenvalue weighted by Crippen LogP contribution is -2.37. The zero-order valence-corrected chi connectivity index (χ0v) is 13.6. The maximum absolute atomic E-state index is 11.8. The first-order valence-electron chi connectivity index (χ1n) is 7.19. The molecule has 0 bridgehead atoms. The topological polar surface area (TPSA) is 63.5 Å². The zero-order chi connectivity index (χ0) is 16.5. The molecule has 2 aromatic rings. The van der Waals surface area contributed by atoms with Gasteiger partial charge in [-0.1, -0.05) is 12.1 Å². The van der Waals surface area contributed by atoms with Crippen LogP contribution in [0.3, 0.4) is 0 Å². The molecule has 1 amide bonds. The van der Waals surface area contributed by atoms with Gasteiger partial charge >= 0.3 is 0 Å². The molecule has 0 radical (unpaired) electrons. The smallest absolute Gasteiger partial charge is 0.250 e. The summed E-state index contributed by atoms with van der Waals surface area (Å²) < 4.78 is 10.5. The fourth-order valence-corrected chi connectivity index (χ4v) is 1.96. The average Bonchev–Trinajstić information content (AvgIpc) is 3.06. The van der Waals surface area contributed by atoms with E-state index < -0.39 is 0 Å². The van der Waals surface area contributed by atoms with E-state index in [0.29, 0.717) is 13.2 Å². The summed E-state index contributed by atoms with van der Waals surface area (Å²) in [6.45, 7) is 2.98. The Balaban J connectivity index is 1.77. The number of thiocarbonyl (C=S) groups is 1. The van der Waals surface area contributed by atoms with E-state index in [1.807, 2.05) is 37.3 Å². The fraction of sp³-hybridized carbons (Fsp3) is 0.176. The highest BCUT2D eigenvalue weighted by Crippen LogP contribution is 2.12. The second-order valence-corrected chi connectivity index (χ2v) is 4.99. The zero-order valence-electron chi connectivity index (χ0n) is 12.7. The maximum atomic E-state index is 11.8. The van der Waals surface area contributed by atoms with Crippen molar-refractivity contribution in [1.82, 2.24) is 10.6 Å². The van der Waals surface area contributed by atoms with E-state index in [4.69, 9.17) is 21.4 Å². The van der Waals surface area contributed by atoms with Crippen LogP contribution >= 0.6 is 12.2 Å². The Morgan fingerprint density at radius 1 is 1.30 bits per heavy atom. The number of benzene rings is 1. The third-order valence-electron chi connectivity index (χ3n) is 2.86. The van der Waals surface area contributed by atoms with Gasteiger partial charge in [-0.3, -0.25) is 10.1 Å². The molecule has 1 aromatic carbocycles. The number of nitrogens with one attached hydrogen (secondary N) is 2. The highest BCUT2D eigenvalue weighted by molar-refractivity contribution is 7.80. The maximum Gasteiger partial charge on any atom is 0.250 e. The minimum atomic E-state index is -0.296. The summed E-state index contributed by atoms with van der Waals surface area (Å²) >= 11 is 5.05. The van der Waals surface area contributed by atoms with E-state index in [9.17, 15) is 4.79 Å². The van der Waals surface area contributed by atoms with E-state index in [2.05, 4.69) is 10.6 Å². The molecule has 5 nitrogen and oxygen atoms in total. The van der Waals surface area contributed by atoms with Crippen LogP contribution in [0.25, 0.3) is 6.08 Å². The van der Waals surface area contributed by atoms with E-state index >= 15 is 0 Å². The molecule has 1 heterocycles. The Bertz CT molecular complexity index is 664. The molecule has 0 saturated heterocycles. The molecular weight excluding hydrogens is 312 g/mol. The molecule has 2 rings (SSSR count). The van der Waals surface area contributed by atoms with E-state index in [1.54, 1.807) is 18.4 Å². The lowest BCUT2D eigenvalue weighted by atomic mass is 10.2.